The first-order chi connectivity index (χ1) is 11.2. The third kappa shape index (κ3) is 4.34. The lowest BCUT2D eigenvalue weighted by Gasteiger charge is -2.34. The molecule has 1 aromatic carbocycles. The quantitative estimate of drug-likeness (QED) is 0.831. The lowest BCUT2D eigenvalue weighted by molar-refractivity contribution is -0.133. The Morgan fingerprint density at radius 2 is 1.92 bits per heavy atom. The lowest BCUT2D eigenvalue weighted by atomic mass is 10.1. The Morgan fingerprint density at radius 3 is 2.50 bits per heavy atom. The molecule has 1 amide bonds. The second-order valence-corrected chi connectivity index (χ2v) is 8.22. The van der Waals surface area contributed by atoms with Gasteiger partial charge in [0.25, 0.3) is 0 Å². The molecule has 1 heterocycles. The molecule has 2 N–H and O–H groups in total. The summed E-state index contributed by atoms with van der Waals surface area (Å²) in [6.45, 7) is 9.87. The molecule has 2 rings (SSSR count). The topological polar surface area (TPSA) is 78.5 Å². The summed E-state index contributed by atoms with van der Waals surface area (Å²) in [7, 11) is -3.61. The number of rotatable bonds is 5. The molecule has 24 heavy (non-hydrogen) atoms. The van der Waals surface area contributed by atoms with Crippen LogP contribution in [0.5, 0.6) is 0 Å². The van der Waals surface area contributed by atoms with E-state index in [1.807, 2.05) is 30.9 Å². The van der Waals surface area contributed by atoms with E-state index in [1.54, 1.807) is 13.8 Å². The summed E-state index contributed by atoms with van der Waals surface area (Å²) < 4.78 is 27.7. The minimum Gasteiger partial charge on any atom is -0.337 e. The van der Waals surface area contributed by atoms with Gasteiger partial charge < -0.3 is 10.2 Å². The number of hydrogen-bond donors (Lipinski definition) is 2. The molecule has 1 aliphatic rings. The van der Waals surface area contributed by atoms with Gasteiger partial charge >= 0.3 is 0 Å². The van der Waals surface area contributed by atoms with E-state index in [2.05, 4.69) is 10.0 Å². The smallest absolute Gasteiger partial charge is 0.241 e. The predicted octanol–water partition coefficient (Wildman–Crippen LogP) is 1.10. The van der Waals surface area contributed by atoms with Gasteiger partial charge in [-0.15, -0.1) is 0 Å². The molecule has 0 aromatic heterocycles. The van der Waals surface area contributed by atoms with Crippen molar-refractivity contribution in [1.29, 1.82) is 0 Å². The van der Waals surface area contributed by atoms with Crippen LogP contribution in [0.3, 0.4) is 0 Å². The molecule has 0 bridgehead atoms. The minimum absolute atomic E-state index is 0.0101. The highest BCUT2D eigenvalue weighted by atomic mass is 32.2. The van der Waals surface area contributed by atoms with E-state index in [4.69, 9.17) is 0 Å². The predicted molar refractivity (Wildman–Crippen MR) is 94.5 cm³/mol. The van der Waals surface area contributed by atoms with Crippen molar-refractivity contribution in [3.05, 3.63) is 28.8 Å². The average molecular weight is 353 g/mol. The SMILES string of the molecule is Cc1cc(C)c(S(=O)(=O)NCCC(=O)N2CCNC[C@@H]2C)c(C)c1. The van der Waals surface area contributed by atoms with Crippen LogP contribution in [-0.2, 0) is 14.8 Å². The lowest BCUT2D eigenvalue weighted by Crippen LogP contribution is -2.52. The number of aryl methyl sites for hydroxylation is 3. The number of hydrogen-bond acceptors (Lipinski definition) is 4. The first-order valence-electron chi connectivity index (χ1n) is 8.30. The van der Waals surface area contributed by atoms with Crippen molar-refractivity contribution < 1.29 is 13.2 Å². The number of nitrogens with zero attached hydrogens (tertiary/aromatic N) is 1. The summed E-state index contributed by atoms with van der Waals surface area (Å²) in [5.41, 5.74) is 2.48. The van der Waals surface area contributed by atoms with Crippen molar-refractivity contribution in [3.63, 3.8) is 0 Å². The third-order valence-corrected chi connectivity index (χ3v) is 6.09. The number of nitrogens with one attached hydrogen (secondary N) is 2. The Morgan fingerprint density at radius 1 is 1.29 bits per heavy atom. The molecule has 134 valence electrons. The van der Waals surface area contributed by atoms with Gasteiger partial charge in [0.2, 0.25) is 15.9 Å². The fourth-order valence-electron chi connectivity index (χ4n) is 3.31. The van der Waals surface area contributed by atoms with Gasteiger partial charge in [0, 0.05) is 38.6 Å². The van der Waals surface area contributed by atoms with Gasteiger partial charge in [-0.05, 0) is 38.8 Å². The molecule has 6 nitrogen and oxygen atoms in total. The average Bonchev–Trinajstić information content (AvgIpc) is 2.45. The van der Waals surface area contributed by atoms with Crippen molar-refractivity contribution in [3.8, 4) is 0 Å². The highest BCUT2D eigenvalue weighted by Gasteiger charge is 2.24. The van der Waals surface area contributed by atoms with Crippen LogP contribution >= 0.6 is 0 Å². The Bertz CT molecular complexity index is 693. The Hall–Kier alpha value is -1.44. The molecule has 0 saturated carbocycles. The molecule has 0 spiro atoms. The minimum atomic E-state index is -3.61. The molecule has 0 radical (unpaired) electrons. The second kappa shape index (κ2) is 7.63. The van der Waals surface area contributed by atoms with E-state index in [1.165, 1.54) is 0 Å². The molecular formula is C17H27N3O3S. The summed E-state index contributed by atoms with van der Waals surface area (Å²) >= 11 is 0. The number of carbonyl (C=O) groups excluding carboxylic acids is 1. The van der Waals surface area contributed by atoms with Crippen LogP contribution in [0.15, 0.2) is 17.0 Å². The van der Waals surface area contributed by atoms with Gasteiger partial charge in [0.15, 0.2) is 0 Å². The van der Waals surface area contributed by atoms with E-state index >= 15 is 0 Å². The van der Waals surface area contributed by atoms with Crippen LogP contribution in [0, 0.1) is 20.8 Å². The summed E-state index contributed by atoms with van der Waals surface area (Å²) in [6, 6.07) is 3.86. The molecule has 0 unspecified atom stereocenters. The zero-order chi connectivity index (χ0) is 17.9. The van der Waals surface area contributed by atoms with Gasteiger partial charge in [-0.3, -0.25) is 4.79 Å². The van der Waals surface area contributed by atoms with Crippen molar-refractivity contribution in [2.75, 3.05) is 26.2 Å². The number of benzene rings is 1. The van der Waals surface area contributed by atoms with Crippen molar-refractivity contribution >= 4 is 15.9 Å². The Labute approximate surface area is 144 Å². The maximum atomic E-state index is 12.6. The van der Waals surface area contributed by atoms with Crippen molar-refractivity contribution in [2.24, 2.45) is 0 Å². The number of amides is 1. The summed E-state index contributed by atoms with van der Waals surface area (Å²) in [5.74, 6) is -0.0101. The van der Waals surface area contributed by atoms with Gasteiger partial charge in [-0.1, -0.05) is 17.7 Å². The molecule has 1 saturated heterocycles. The summed E-state index contributed by atoms with van der Waals surface area (Å²) in [4.78, 5) is 14.4. The zero-order valence-corrected chi connectivity index (χ0v) is 15.7. The van der Waals surface area contributed by atoms with Crippen LogP contribution in [0.4, 0.5) is 0 Å². The highest BCUT2D eigenvalue weighted by Crippen LogP contribution is 2.21. The van der Waals surface area contributed by atoms with Crippen LogP contribution in [-0.4, -0.2) is 51.4 Å². The van der Waals surface area contributed by atoms with Crippen LogP contribution in [0.2, 0.25) is 0 Å². The first-order valence-corrected chi connectivity index (χ1v) is 9.78. The molecule has 1 fully saturated rings. The van der Waals surface area contributed by atoms with Crippen molar-refractivity contribution in [2.45, 2.75) is 45.1 Å². The van der Waals surface area contributed by atoms with E-state index in [9.17, 15) is 13.2 Å². The molecule has 1 aliphatic heterocycles. The standard InChI is InChI=1S/C17H27N3O3S/c1-12-9-13(2)17(14(3)10-12)24(22,23)19-6-5-16(21)20-8-7-18-11-15(20)4/h9-10,15,18-19H,5-8,11H2,1-4H3/t15-/m0/s1. The molecule has 7 heteroatoms. The Kier molecular flexibility index (Phi) is 6.01. The van der Waals surface area contributed by atoms with E-state index < -0.39 is 10.0 Å². The highest BCUT2D eigenvalue weighted by molar-refractivity contribution is 7.89. The number of sulfonamides is 1. The number of carbonyl (C=O) groups is 1. The normalized spacial score (nSPS) is 18.7. The fourth-order valence-corrected chi connectivity index (χ4v) is 4.79. The van der Waals surface area contributed by atoms with Gasteiger partial charge in [0.05, 0.1) is 4.90 Å². The van der Waals surface area contributed by atoms with Crippen LogP contribution in [0.1, 0.15) is 30.0 Å². The second-order valence-electron chi connectivity index (χ2n) is 6.52. The van der Waals surface area contributed by atoms with Crippen LogP contribution in [0.25, 0.3) is 0 Å². The van der Waals surface area contributed by atoms with E-state index in [0.717, 1.165) is 29.8 Å². The summed E-state index contributed by atoms with van der Waals surface area (Å²) in [5, 5.41) is 3.23. The molecule has 1 atom stereocenters. The van der Waals surface area contributed by atoms with E-state index in [0.29, 0.717) is 11.4 Å². The van der Waals surface area contributed by atoms with Crippen molar-refractivity contribution in [1.82, 2.24) is 14.9 Å². The maximum Gasteiger partial charge on any atom is 0.241 e. The van der Waals surface area contributed by atoms with Gasteiger partial charge in [-0.25, -0.2) is 13.1 Å². The van der Waals surface area contributed by atoms with Gasteiger partial charge in [-0.2, -0.15) is 0 Å². The monoisotopic (exact) mass is 353 g/mol. The maximum absolute atomic E-state index is 12.6. The zero-order valence-electron chi connectivity index (χ0n) is 14.8. The third-order valence-electron chi connectivity index (χ3n) is 4.33. The largest absolute Gasteiger partial charge is 0.337 e. The summed E-state index contributed by atoms with van der Waals surface area (Å²) in [6.07, 6.45) is 0.174. The number of piperazine rings is 1. The first kappa shape index (κ1) is 18.9. The fraction of sp³-hybridized carbons (Fsp3) is 0.588. The molecule has 0 aliphatic carbocycles. The van der Waals surface area contributed by atoms with Gasteiger partial charge in [0.1, 0.15) is 0 Å². The molecule has 1 aromatic rings. The van der Waals surface area contributed by atoms with E-state index in [-0.39, 0.29) is 24.9 Å². The van der Waals surface area contributed by atoms with Crippen LogP contribution < -0.4 is 10.0 Å². The Balaban J connectivity index is 2.00. The molecular weight excluding hydrogens is 326 g/mol.